The van der Waals surface area contributed by atoms with Crippen molar-refractivity contribution in [2.75, 3.05) is 11.0 Å². The van der Waals surface area contributed by atoms with Gasteiger partial charge in [0.15, 0.2) is 0 Å². The van der Waals surface area contributed by atoms with E-state index >= 15 is 0 Å². The van der Waals surface area contributed by atoms with Gasteiger partial charge in [0.1, 0.15) is 5.82 Å². The minimum absolute atomic E-state index is 0.0951. The van der Waals surface area contributed by atoms with Crippen molar-refractivity contribution >= 4 is 31.4 Å². The van der Waals surface area contributed by atoms with Crippen molar-refractivity contribution in [1.29, 1.82) is 0 Å². The number of nitrogens with one attached hydrogen (secondary N) is 1. The van der Waals surface area contributed by atoms with Gasteiger partial charge in [0.2, 0.25) is 10.0 Å². The summed E-state index contributed by atoms with van der Waals surface area (Å²) >= 11 is 0. The molecule has 0 amide bonds. The Bertz CT molecular complexity index is 1420. The minimum Gasteiger partial charge on any atom is -0.284 e. The maximum atomic E-state index is 13.5. The first kappa shape index (κ1) is 22.9. The van der Waals surface area contributed by atoms with Gasteiger partial charge in [0, 0.05) is 12.1 Å². The highest BCUT2D eigenvalue weighted by atomic mass is 32.2. The van der Waals surface area contributed by atoms with E-state index < -0.39 is 31.9 Å². The fourth-order valence-corrected chi connectivity index (χ4v) is 5.60. The molecule has 172 valence electrons. The number of hydrogen-bond donors (Lipinski definition) is 1. The van der Waals surface area contributed by atoms with Crippen LogP contribution in [-0.2, 0) is 20.0 Å². The standard InChI is InChI=1S/C23H22FN3O4S2/c1-16-6-12-21(13-7-16)33(30,31)27-23(17-8-10-19(24)11-9-17)15-22(25-27)18-4-3-5-20(14-18)26-32(2,28)29/h3-14,23,26H,15H2,1-2H3/t23-/m1/s1. The van der Waals surface area contributed by atoms with Crippen molar-refractivity contribution in [3.63, 3.8) is 0 Å². The number of anilines is 1. The van der Waals surface area contributed by atoms with Gasteiger partial charge in [-0.3, -0.25) is 4.72 Å². The zero-order valence-electron chi connectivity index (χ0n) is 17.9. The molecule has 0 bridgehead atoms. The lowest BCUT2D eigenvalue weighted by Gasteiger charge is -2.23. The summed E-state index contributed by atoms with van der Waals surface area (Å²) in [5.41, 5.74) is 2.91. The van der Waals surface area contributed by atoms with Crippen LogP contribution < -0.4 is 4.72 Å². The highest BCUT2D eigenvalue weighted by molar-refractivity contribution is 7.92. The lowest BCUT2D eigenvalue weighted by molar-refractivity contribution is 0.371. The van der Waals surface area contributed by atoms with Crippen LogP contribution in [-0.4, -0.2) is 33.2 Å². The van der Waals surface area contributed by atoms with Crippen LogP contribution in [0.2, 0.25) is 0 Å². The summed E-state index contributed by atoms with van der Waals surface area (Å²) in [6.45, 7) is 1.86. The van der Waals surface area contributed by atoms with Gasteiger partial charge in [-0.1, -0.05) is 42.0 Å². The summed E-state index contributed by atoms with van der Waals surface area (Å²) in [5, 5.41) is 4.44. The van der Waals surface area contributed by atoms with Gasteiger partial charge in [0.05, 0.1) is 22.9 Å². The van der Waals surface area contributed by atoms with E-state index in [1.165, 1.54) is 36.4 Å². The Balaban J connectivity index is 1.78. The van der Waals surface area contributed by atoms with Crippen molar-refractivity contribution in [2.24, 2.45) is 5.10 Å². The monoisotopic (exact) mass is 487 g/mol. The molecule has 1 heterocycles. The molecule has 4 rings (SSSR count). The molecule has 10 heteroatoms. The molecule has 0 aliphatic carbocycles. The van der Waals surface area contributed by atoms with Crippen molar-refractivity contribution in [3.8, 4) is 0 Å². The number of halogens is 1. The van der Waals surface area contributed by atoms with Crippen molar-refractivity contribution < 1.29 is 21.2 Å². The molecule has 0 fully saturated rings. The van der Waals surface area contributed by atoms with Crippen molar-refractivity contribution in [1.82, 2.24) is 4.41 Å². The third-order valence-corrected chi connectivity index (χ3v) is 7.49. The van der Waals surface area contributed by atoms with Crippen LogP contribution in [0.15, 0.2) is 82.8 Å². The van der Waals surface area contributed by atoms with Crippen LogP contribution in [0.4, 0.5) is 10.1 Å². The molecule has 7 nitrogen and oxygen atoms in total. The van der Waals surface area contributed by atoms with Gasteiger partial charge in [-0.05, 0) is 54.4 Å². The van der Waals surface area contributed by atoms with Gasteiger partial charge in [-0.25, -0.2) is 12.8 Å². The summed E-state index contributed by atoms with van der Waals surface area (Å²) in [7, 11) is -7.48. The smallest absolute Gasteiger partial charge is 0.279 e. The molecule has 33 heavy (non-hydrogen) atoms. The molecule has 1 aliphatic heterocycles. The van der Waals surface area contributed by atoms with E-state index in [1.807, 2.05) is 6.92 Å². The Morgan fingerprint density at radius 3 is 2.27 bits per heavy atom. The second-order valence-corrected chi connectivity index (χ2v) is 11.4. The number of nitrogens with zero attached hydrogens (tertiary/aromatic N) is 2. The Labute approximate surface area is 192 Å². The summed E-state index contributed by atoms with van der Waals surface area (Å²) in [6, 6.07) is 18.0. The van der Waals surface area contributed by atoms with E-state index in [0.717, 1.165) is 16.2 Å². The first-order chi connectivity index (χ1) is 15.5. The summed E-state index contributed by atoms with van der Waals surface area (Å²) in [5.74, 6) is -0.426. The quantitative estimate of drug-likeness (QED) is 0.568. The van der Waals surface area contributed by atoms with Crippen LogP contribution in [0.3, 0.4) is 0 Å². The number of sulfonamides is 2. The van der Waals surface area contributed by atoms with Crippen LogP contribution in [0, 0.1) is 12.7 Å². The molecular formula is C23H22FN3O4S2. The van der Waals surface area contributed by atoms with Crippen molar-refractivity contribution in [3.05, 3.63) is 95.3 Å². The number of hydrogen-bond acceptors (Lipinski definition) is 5. The van der Waals surface area contributed by atoms with E-state index in [-0.39, 0.29) is 11.3 Å². The molecule has 1 aliphatic rings. The molecule has 0 saturated heterocycles. The van der Waals surface area contributed by atoms with Crippen LogP contribution >= 0.6 is 0 Å². The van der Waals surface area contributed by atoms with Crippen LogP contribution in [0.25, 0.3) is 0 Å². The number of benzene rings is 3. The number of hydrazone groups is 1. The second kappa shape index (κ2) is 8.60. The van der Waals surface area contributed by atoms with E-state index in [1.54, 1.807) is 36.4 Å². The van der Waals surface area contributed by atoms with Gasteiger partial charge in [0.25, 0.3) is 10.0 Å². The fraction of sp³-hybridized carbons (Fsp3) is 0.174. The Morgan fingerprint density at radius 2 is 1.64 bits per heavy atom. The second-order valence-electron chi connectivity index (χ2n) is 7.86. The maximum absolute atomic E-state index is 13.5. The zero-order chi connectivity index (χ0) is 23.8. The normalized spacial score (nSPS) is 16.5. The molecular weight excluding hydrogens is 465 g/mol. The SMILES string of the molecule is Cc1ccc(S(=O)(=O)N2N=C(c3cccc(NS(C)(=O)=O)c3)C[C@@H]2c2ccc(F)cc2)cc1. The zero-order valence-corrected chi connectivity index (χ0v) is 19.6. The largest absolute Gasteiger partial charge is 0.284 e. The Kier molecular flexibility index (Phi) is 5.98. The Morgan fingerprint density at radius 1 is 0.970 bits per heavy atom. The molecule has 0 radical (unpaired) electrons. The average Bonchev–Trinajstić information content (AvgIpc) is 3.20. The van der Waals surface area contributed by atoms with Gasteiger partial charge >= 0.3 is 0 Å². The lowest BCUT2D eigenvalue weighted by Crippen LogP contribution is -2.27. The molecule has 0 spiro atoms. The van der Waals surface area contributed by atoms with E-state index in [0.29, 0.717) is 22.5 Å². The van der Waals surface area contributed by atoms with Gasteiger partial charge in [-0.2, -0.15) is 17.9 Å². The first-order valence-corrected chi connectivity index (χ1v) is 13.4. The molecule has 3 aromatic rings. The van der Waals surface area contributed by atoms with Crippen LogP contribution in [0.5, 0.6) is 0 Å². The Hall–Kier alpha value is -3.24. The molecule has 1 atom stereocenters. The minimum atomic E-state index is -4.00. The predicted octanol–water partition coefficient (Wildman–Crippen LogP) is 4.05. The van der Waals surface area contributed by atoms with Gasteiger partial charge < -0.3 is 0 Å². The first-order valence-electron chi connectivity index (χ1n) is 10.1. The predicted molar refractivity (Wildman–Crippen MR) is 125 cm³/mol. The van der Waals surface area contributed by atoms with E-state index in [4.69, 9.17) is 0 Å². The average molecular weight is 488 g/mol. The number of aryl methyl sites for hydroxylation is 1. The summed E-state index contributed by atoms with van der Waals surface area (Å²) in [6.07, 6.45) is 1.28. The van der Waals surface area contributed by atoms with Crippen molar-refractivity contribution in [2.45, 2.75) is 24.3 Å². The van der Waals surface area contributed by atoms with Gasteiger partial charge in [-0.15, -0.1) is 0 Å². The summed E-state index contributed by atoms with van der Waals surface area (Å²) < 4.78 is 67.1. The summed E-state index contributed by atoms with van der Waals surface area (Å²) in [4.78, 5) is 0.0951. The molecule has 1 N–H and O–H groups in total. The highest BCUT2D eigenvalue weighted by Gasteiger charge is 2.37. The van der Waals surface area contributed by atoms with E-state index in [2.05, 4.69) is 9.82 Å². The van der Waals surface area contributed by atoms with E-state index in [9.17, 15) is 21.2 Å². The highest BCUT2D eigenvalue weighted by Crippen LogP contribution is 2.37. The topological polar surface area (TPSA) is 95.9 Å². The molecule has 0 aromatic heterocycles. The number of rotatable bonds is 6. The molecule has 3 aromatic carbocycles. The molecule has 0 unspecified atom stereocenters. The maximum Gasteiger partial charge on any atom is 0.279 e. The third kappa shape index (κ3) is 5.07. The fourth-order valence-electron chi connectivity index (χ4n) is 3.61. The molecule has 0 saturated carbocycles. The van der Waals surface area contributed by atoms with Crippen LogP contribution in [0.1, 0.15) is 29.2 Å². The lowest BCUT2D eigenvalue weighted by atomic mass is 9.99. The third-order valence-electron chi connectivity index (χ3n) is 5.19.